The van der Waals surface area contributed by atoms with E-state index in [1.165, 1.54) is 6.39 Å². The average molecular weight is 254 g/mol. The zero-order chi connectivity index (χ0) is 13.7. The lowest BCUT2D eigenvalue weighted by Gasteiger charge is -2.25. The molecule has 1 aromatic heterocycles. The highest BCUT2D eigenvalue weighted by Gasteiger charge is 2.23. The van der Waals surface area contributed by atoms with Gasteiger partial charge < -0.3 is 20.3 Å². The molecule has 1 rings (SSSR count). The summed E-state index contributed by atoms with van der Waals surface area (Å²) in [6.45, 7) is 5.83. The molecule has 0 fully saturated rings. The molecular weight excluding hydrogens is 236 g/mol. The third-order valence-electron chi connectivity index (χ3n) is 2.56. The van der Waals surface area contributed by atoms with Crippen molar-refractivity contribution in [3.05, 3.63) is 17.8 Å². The van der Waals surface area contributed by atoms with E-state index >= 15 is 0 Å². The van der Waals surface area contributed by atoms with Crippen molar-refractivity contribution in [1.29, 1.82) is 0 Å². The van der Waals surface area contributed by atoms with Gasteiger partial charge in [0.05, 0.1) is 5.69 Å². The van der Waals surface area contributed by atoms with E-state index in [9.17, 15) is 4.79 Å². The molecule has 0 radical (unpaired) electrons. The fourth-order valence-electron chi connectivity index (χ4n) is 1.52. The van der Waals surface area contributed by atoms with Crippen molar-refractivity contribution < 1.29 is 14.4 Å². The molecule has 0 saturated heterocycles. The predicted octanol–water partition coefficient (Wildman–Crippen LogP) is 0.970. The number of hydrogen-bond acceptors (Lipinski definition) is 5. The first-order valence-electron chi connectivity index (χ1n) is 5.64. The number of amides is 1. The number of oxazole rings is 1. The van der Waals surface area contributed by atoms with E-state index < -0.39 is 0 Å². The maximum absolute atomic E-state index is 12.2. The first-order chi connectivity index (χ1) is 8.47. The minimum atomic E-state index is -0.245. The van der Waals surface area contributed by atoms with Gasteiger partial charge in [0.15, 0.2) is 6.39 Å². The predicted molar refractivity (Wildman–Crippen MR) is 65.4 cm³/mol. The van der Waals surface area contributed by atoms with Crippen LogP contribution in [0, 0.1) is 6.92 Å². The Balaban J connectivity index is 2.80. The van der Waals surface area contributed by atoms with Crippen LogP contribution in [-0.2, 0) is 0 Å². The fraction of sp³-hybridized carbons (Fsp3) is 0.545. The van der Waals surface area contributed by atoms with Crippen LogP contribution in [0.1, 0.15) is 36.5 Å². The third kappa shape index (κ3) is 3.22. The average Bonchev–Trinajstić information content (AvgIpc) is 2.74. The normalized spacial score (nSPS) is 11.9. The maximum atomic E-state index is 12.2. The number of rotatable bonds is 5. The lowest BCUT2D eigenvalue weighted by atomic mass is 10.2. The molecule has 0 spiro atoms. The molecule has 0 unspecified atom stereocenters. The van der Waals surface area contributed by atoms with E-state index in [2.05, 4.69) is 10.1 Å². The molecule has 0 aliphatic rings. The Morgan fingerprint density at radius 3 is 2.78 bits per heavy atom. The van der Waals surface area contributed by atoms with Crippen LogP contribution in [0.3, 0.4) is 0 Å². The highest BCUT2D eigenvalue weighted by atomic mass is 16.4. The number of aryl methyl sites for hydroxylation is 1. The van der Waals surface area contributed by atoms with Crippen molar-refractivity contribution in [3.8, 4) is 0 Å². The standard InChI is InChI=1S/C11H18N4O3/c1-7(2)15(5-4-9(12)14-17)11(16)10-8(3)13-6-18-10/h6-7,17H,4-5H2,1-3H3,(H2,12,14). The number of oxime groups is 1. The summed E-state index contributed by atoms with van der Waals surface area (Å²) in [5, 5.41) is 11.4. The lowest BCUT2D eigenvalue weighted by Crippen LogP contribution is -2.39. The number of hydrogen-bond donors (Lipinski definition) is 2. The van der Waals surface area contributed by atoms with Crippen LogP contribution in [0.5, 0.6) is 0 Å². The topological polar surface area (TPSA) is 105 Å². The van der Waals surface area contributed by atoms with Crippen LogP contribution in [0.15, 0.2) is 16.0 Å². The molecule has 0 aliphatic carbocycles. The van der Waals surface area contributed by atoms with E-state index in [1.54, 1.807) is 11.8 Å². The Hall–Kier alpha value is -2.05. The highest BCUT2D eigenvalue weighted by Crippen LogP contribution is 2.12. The van der Waals surface area contributed by atoms with Crippen LogP contribution in [0.2, 0.25) is 0 Å². The molecule has 1 amide bonds. The highest BCUT2D eigenvalue weighted by molar-refractivity contribution is 5.93. The Bertz CT molecular complexity index is 439. The van der Waals surface area contributed by atoms with Gasteiger partial charge in [-0.3, -0.25) is 4.79 Å². The van der Waals surface area contributed by atoms with Crippen LogP contribution < -0.4 is 5.73 Å². The molecule has 1 aromatic rings. The summed E-state index contributed by atoms with van der Waals surface area (Å²) in [5.74, 6) is 0.0664. The molecule has 100 valence electrons. The van der Waals surface area contributed by atoms with Crippen LogP contribution in [-0.4, -0.2) is 39.4 Å². The van der Waals surface area contributed by atoms with E-state index in [4.69, 9.17) is 15.4 Å². The van der Waals surface area contributed by atoms with E-state index in [-0.39, 0.29) is 23.5 Å². The molecule has 0 atom stereocenters. The van der Waals surface area contributed by atoms with Gasteiger partial charge in [-0.15, -0.1) is 0 Å². The number of amidine groups is 1. The Morgan fingerprint density at radius 2 is 2.33 bits per heavy atom. The van der Waals surface area contributed by atoms with Gasteiger partial charge in [0, 0.05) is 19.0 Å². The smallest absolute Gasteiger partial charge is 0.291 e. The van der Waals surface area contributed by atoms with Crippen molar-refractivity contribution in [3.63, 3.8) is 0 Å². The first kappa shape index (κ1) is 14.0. The zero-order valence-corrected chi connectivity index (χ0v) is 10.8. The number of carbonyl (C=O) groups excluding carboxylic acids is 1. The zero-order valence-electron chi connectivity index (χ0n) is 10.8. The molecule has 7 heteroatoms. The van der Waals surface area contributed by atoms with E-state index in [0.29, 0.717) is 18.7 Å². The minimum absolute atomic E-state index is 0.0199. The van der Waals surface area contributed by atoms with E-state index in [0.717, 1.165) is 0 Å². The van der Waals surface area contributed by atoms with Crippen molar-refractivity contribution >= 4 is 11.7 Å². The van der Waals surface area contributed by atoms with Gasteiger partial charge in [0.1, 0.15) is 5.84 Å². The Labute approximate surface area is 105 Å². The molecule has 0 saturated carbocycles. The summed E-state index contributed by atoms with van der Waals surface area (Å²) in [5.41, 5.74) is 5.95. The van der Waals surface area contributed by atoms with E-state index in [1.807, 2.05) is 13.8 Å². The molecule has 3 N–H and O–H groups in total. The lowest BCUT2D eigenvalue weighted by molar-refractivity contribution is 0.0677. The Morgan fingerprint density at radius 1 is 1.67 bits per heavy atom. The summed E-state index contributed by atoms with van der Waals surface area (Å²) in [6.07, 6.45) is 1.54. The second-order valence-corrected chi connectivity index (χ2v) is 4.20. The SMILES string of the molecule is Cc1ncoc1C(=O)N(CCC(N)=NO)C(C)C. The van der Waals surface area contributed by atoms with Crippen molar-refractivity contribution in [2.75, 3.05) is 6.54 Å². The summed E-state index contributed by atoms with van der Waals surface area (Å²) >= 11 is 0. The molecule has 1 heterocycles. The van der Waals surface area contributed by atoms with Crippen molar-refractivity contribution in [2.24, 2.45) is 10.9 Å². The monoisotopic (exact) mass is 254 g/mol. The molecule has 0 aromatic carbocycles. The number of aromatic nitrogens is 1. The number of nitrogens with two attached hydrogens (primary N) is 1. The second kappa shape index (κ2) is 6.04. The minimum Gasteiger partial charge on any atom is -0.438 e. The van der Waals surface area contributed by atoms with Gasteiger partial charge in [-0.25, -0.2) is 4.98 Å². The van der Waals surface area contributed by atoms with Crippen LogP contribution >= 0.6 is 0 Å². The van der Waals surface area contributed by atoms with Gasteiger partial charge in [-0.2, -0.15) is 0 Å². The van der Waals surface area contributed by atoms with Crippen LogP contribution in [0.4, 0.5) is 0 Å². The molecular formula is C11H18N4O3. The summed E-state index contributed by atoms with van der Waals surface area (Å²) in [4.78, 5) is 17.7. The van der Waals surface area contributed by atoms with Gasteiger partial charge in [-0.05, 0) is 20.8 Å². The van der Waals surface area contributed by atoms with Crippen LogP contribution in [0.25, 0.3) is 0 Å². The Kier molecular flexibility index (Phi) is 4.70. The van der Waals surface area contributed by atoms with Gasteiger partial charge >= 0.3 is 0 Å². The molecule has 7 nitrogen and oxygen atoms in total. The largest absolute Gasteiger partial charge is 0.438 e. The third-order valence-corrected chi connectivity index (χ3v) is 2.56. The molecule has 0 bridgehead atoms. The second-order valence-electron chi connectivity index (χ2n) is 4.20. The maximum Gasteiger partial charge on any atom is 0.291 e. The summed E-state index contributed by atoms with van der Waals surface area (Å²) in [6, 6.07) is -0.0199. The van der Waals surface area contributed by atoms with Gasteiger partial charge in [-0.1, -0.05) is 5.16 Å². The summed E-state index contributed by atoms with van der Waals surface area (Å²) < 4.78 is 5.08. The fourth-order valence-corrected chi connectivity index (χ4v) is 1.52. The van der Waals surface area contributed by atoms with Gasteiger partial charge in [0.2, 0.25) is 5.76 Å². The molecule has 0 aliphatic heterocycles. The van der Waals surface area contributed by atoms with Crippen molar-refractivity contribution in [2.45, 2.75) is 33.2 Å². The van der Waals surface area contributed by atoms with Gasteiger partial charge in [0.25, 0.3) is 5.91 Å². The molecule has 18 heavy (non-hydrogen) atoms. The van der Waals surface area contributed by atoms with Crippen molar-refractivity contribution in [1.82, 2.24) is 9.88 Å². The first-order valence-corrected chi connectivity index (χ1v) is 5.64. The quantitative estimate of drug-likeness (QED) is 0.352. The number of carbonyl (C=O) groups is 1. The summed E-state index contributed by atoms with van der Waals surface area (Å²) in [7, 11) is 0. The number of nitrogens with zero attached hydrogens (tertiary/aromatic N) is 3.